The molecular formula is C23H19FN2O2. The van der Waals surface area contributed by atoms with Crippen LogP contribution in [0.4, 0.5) is 10.1 Å². The Morgan fingerprint density at radius 3 is 2.07 bits per heavy atom. The molecule has 0 aliphatic heterocycles. The van der Waals surface area contributed by atoms with Crippen LogP contribution in [0.1, 0.15) is 12.8 Å². The van der Waals surface area contributed by atoms with Gasteiger partial charge in [-0.1, -0.05) is 36.4 Å². The largest absolute Gasteiger partial charge is 0.340 e. The zero-order valence-corrected chi connectivity index (χ0v) is 15.2. The minimum absolute atomic E-state index is 0.0137. The molecule has 4 rings (SSSR count). The maximum atomic E-state index is 13.7. The van der Waals surface area contributed by atoms with Gasteiger partial charge in [0.1, 0.15) is 5.82 Å². The van der Waals surface area contributed by atoms with Gasteiger partial charge in [-0.15, -0.1) is 0 Å². The molecule has 0 saturated heterocycles. The first-order valence-corrected chi connectivity index (χ1v) is 9.20. The van der Waals surface area contributed by atoms with Crippen molar-refractivity contribution in [1.29, 1.82) is 0 Å². The lowest BCUT2D eigenvalue weighted by Crippen LogP contribution is -2.15. The number of pyridine rings is 1. The van der Waals surface area contributed by atoms with Crippen LogP contribution in [-0.4, -0.2) is 10.5 Å². The summed E-state index contributed by atoms with van der Waals surface area (Å²) in [5.74, 6) is -0.687. The molecule has 0 aliphatic rings. The molecule has 4 aromatic rings. The van der Waals surface area contributed by atoms with Gasteiger partial charge in [-0.25, -0.2) is 4.39 Å². The van der Waals surface area contributed by atoms with E-state index in [1.54, 1.807) is 12.1 Å². The first kappa shape index (κ1) is 17.9. The smallest absolute Gasteiger partial charge is 0.224 e. The SMILES string of the molecule is O=C(CCCn1c2ccccc2c(=O)c2ccccc21)Nc1ccccc1F. The van der Waals surface area contributed by atoms with Crippen LogP contribution in [-0.2, 0) is 11.3 Å². The molecule has 4 nitrogen and oxygen atoms in total. The molecule has 1 heterocycles. The molecular weight excluding hydrogens is 355 g/mol. The summed E-state index contributed by atoms with van der Waals surface area (Å²) in [4.78, 5) is 24.9. The summed E-state index contributed by atoms with van der Waals surface area (Å²) in [6.07, 6.45) is 0.820. The summed E-state index contributed by atoms with van der Waals surface area (Å²) < 4.78 is 15.7. The van der Waals surface area contributed by atoms with E-state index >= 15 is 0 Å². The molecule has 0 atom stereocenters. The van der Waals surface area contributed by atoms with Gasteiger partial charge in [-0.05, 0) is 42.8 Å². The number of para-hydroxylation sites is 3. The van der Waals surface area contributed by atoms with Gasteiger partial charge in [0.2, 0.25) is 5.91 Å². The molecule has 5 heteroatoms. The number of anilines is 1. The van der Waals surface area contributed by atoms with Gasteiger partial charge in [0.25, 0.3) is 0 Å². The van der Waals surface area contributed by atoms with Crippen molar-refractivity contribution in [3.63, 3.8) is 0 Å². The molecule has 1 N–H and O–H groups in total. The molecule has 1 aromatic heterocycles. The normalized spacial score (nSPS) is 11.0. The summed E-state index contributed by atoms with van der Waals surface area (Å²) in [6, 6.07) is 21.1. The third-order valence-electron chi connectivity index (χ3n) is 4.81. The van der Waals surface area contributed by atoms with Crippen molar-refractivity contribution in [1.82, 2.24) is 4.57 Å². The van der Waals surface area contributed by atoms with Crippen molar-refractivity contribution in [3.8, 4) is 0 Å². The highest BCUT2D eigenvalue weighted by Gasteiger charge is 2.11. The quantitative estimate of drug-likeness (QED) is 0.514. The summed E-state index contributed by atoms with van der Waals surface area (Å²) in [7, 11) is 0. The zero-order valence-electron chi connectivity index (χ0n) is 15.2. The number of aryl methyl sites for hydroxylation is 1. The second-order valence-electron chi connectivity index (χ2n) is 6.65. The van der Waals surface area contributed by atoms with Crippen LogP contribution in [0.15, 0.2) is 77.6 Å². The molecule has 0 aliphatic carbocycles. The van der Waals surface area contributed by atoms with E-state index in [9.17, 15) is 14.0 Å². The van der Waals surface area contributed by atoms with Crippen LogP contribution < -0.4 is 10.7 Å². The van der Waals surface area contributed by atoms with E-state index in [1.165, 1.54) is 12.1 Å². The maximum Gasteiger partial charge on any atom is 0.224 e. The van der Waals surface area contributed by atoms with E-state index in [4.69, 9.17) is 0 Å². The highest BCUT2D eigenvalue weighted by molar-refractivity contribution is 5.93. The van der Waals surface area contributed by atoms with Crippen LogP contribution in [0, 0.1) is 5.82 Å². The number of benzene rings is 3. The number of rotatable bonds is 5. The number of fused-ring (bicyclic) bond motifs is 2. The number of nitrogens with one attached hydrogen (secondary N) is 1. The minimum Gasteiger partial charge on any atom is -0.340 e. The van der Waals surface area contributed by atoms with E-state index in [0.717, 1.165) is 11.0 Å². The fraction of sp³-hybridized carbons (Fsp3) is 0.130. The molecule has 0 bridgehead atoms. The van der Waals surface area contributed by atoms with Gasteiger partial charge >= 0.3 is 0 Å². The molecule has 0 spiro atoms. The second kappa shape index (κ2) is 7.64. The molecule has 0 radical (unpaired) electrons. The van der Waals surface area contributed by atoms with Gasteiger partial charge < -0.3 is 9.88 Å². The van der Waals surface area contributed by atoms with Crippen LogP contribution in [0.25, 0.3) is 21.8 Å². The second-order valence-corrected chi connectivity index (χ2v) is 6.65. The number of carbonyl (C=O) groups is 1. The number of nitrogens with zero attached hydrogens (tertiary/aromatic N) is 1. The lowest BCUT2D eigenvalue weighted by molar-refractivity contribution is -0.116. The van der Waals surface area contributed by atoms with Gasteiger partial charge in [0, 0.05) is 23.7 Å². The highest BCUT2D eigenvalue weighted by atomic mass is 19.1. The average molecular weight is 374 g/mol. The Labute approximate surface area is 161 Å². The molecule has 0 fully saturated rings. The van der Waals surface area contributed by atoms with E-state index in [1.807, 2.05) is 48.5 Å². The van der Waals surface area contributed by atoms with Crippen molar-refractivity contribution in [2.24, 2.45) is 0 Å². The van der Waals surface area contributed by atoms with Crippen molar-refractivity contribution >= 4 is 33.4 Å². The third kappa shape index (κ3) is 3.39. The molecule has 0 unspecified atom stereocenters. The van der Waals surface area contributed by atoms with Gasteiger partial charge in [0.15, 0.2) is 5.43 Å². The van der Waals surface area contributed by atoms with Crippen LogP contribution >= 0.6 is 0 Å². The fourth-order valence-corrected chi connectivity index (χ4v) is 3.49. The van der Waals surface area contributed by atoms with E-state index < -0.39 is 5.82 Å². The van der Waals surface area contributed by atoms with Crippen molar-refractivity contribution in [3.05, 3.63) is 88.8 Å². The highest BCUT2D eigenvalue weighted by Crippen LogP contribution is 2.20. The van der Waals surface area contributed by atoms with Gasteiger partial charge in [0.05, 0.1) is 16.7 Å². The molecule has 140 valence electrons. The number of amides is 1. The average Bonchev–Trinajstić information content (AvgIpc) is 2.72. The predicted molar refractivity (Wildman–Crippen MR) is 110 cm³/mol. The van der Waals surface area contributed by atoms with Crippen LogP contribution in [0.2, 0.25) is 0 Å². The summed E-state index contributed by atoms with van der Waals surface area (Å²) in [5, 5.41) is 3.93. The first-order valence-electron chi connectivity index (χ1n) is 9.20. The van der Waals surface area contributed by atoms with E-state index in [-0.39, 0.29) is 23.4 Å². The molecule has 1 amide bonds. The van der Waals surface area contributed by atoms with E-state index in [2.05, 4.69) is 9.88 Å². The van der Waals surface area contributed by atoms with Crippen molar-refractivity contribution < 1.29 is 9.18 Å². The Kier molecular flexibility index (Phi) is 4.89. The standard InChI is InChI=1S/C23H19FN2O2/c24-18-10-3-4-11-19(18)25-22(27)14-7-15-26-20-12-5-1-8-16(20)23(28)17-9-2-6-13-21(17)26/h1-6,8-13H,7,14-15H2,(H,25,27). The molecule has 3 aromatic carbocycles. The first-order chi connectivity index (χ1) is 13.6. The maximum absolute atomic E-state index is 13.7. The van der Waals surface area contributed by atoms with Crippen molar-refractivity contribution in [2.75, 3.05) is 5.32 Å². The fourth-order valence-electron chi connectivity index (χ4n) is 3.49. The van der Waals surface area contributed by atoms with Crippen molar-refractivity contribution in [2.45, 2.75) is 19.4 Å². The molecule has 0 saturated carbocycles. The Balaban J connectivity index is 1.58. The predicted octanol–water partition coefficient (Wildman–Crippen LogP) is 4.71. The number of carbonyl (C=O) groups excluding carboxylic acids is 1. The Bertz CT molecular complexity index is 1170. The summed E-state index contributed by atoms with van der Waals surface area (Å²) in [6.45, 7) is 0.575. The Morgan fingerprint density at radius 2 is 1.43 bits per heavy atom. The number of halogens is 1. The lowest BCUT2D eigenvalue weighted by Gasteiger charge is -2.15. The third-order valence-corrected chi connectivity index (χ3v) is 4.81. The summed E-state index contributed by atoms with van der Waals surface area (Å²) >= 11 is 0. The topological polar surface area (TPSA) is 51.1 Å². The lowest BCUT2D eigenvalue weighted by atomic mass is 10.1. The minimum atomic E-state index is -0.451. The van der Waals surface area contributed by atoms with E-state index in [0.29, 0.717) is 23.7 Å². The molecule has 28 heavy (non-hydrogen) atoms. The monoisotopic (exact) mass is 374 g/mol. The zero-order chi connectivity index (χ0) is 19.5. The summed E-state index contributed by atoms with van der Waals surface area (Å²) in [5.41, 5.74) is 1.90. The van der Waals surface area contributed by atoms with Crippen LogP contribution in [0.3, 0.4) is 0 Å². The van der Waals surface area contributed by atoms with Gasteiger partial charge in [-0.2, -0.15) is 0 Å². The van der Waals surface area contributed by atoms with Crippen LogP contribution in [0.5, 0.6) is 0 Å². The Hall–Kier alpha value is -3.47. The number of aromatic nitrogens is 1. The number of hydrogen-bond donors (Lipinski definition) is 1. The Morgan fingerprint density at radius 1 is 0.857 bits per heavy atom. The number of hydrogen-bond acceptors (Lipinski definition) is 2. The van der Waals surface area contributed by atoms with Gasteiger partial charge in [-0.3, -0.25) is 9.59 Å².